The zero-order valence-electron chi connectivity index (χ0n) is 9.17. The number of aliphatic hydroxyl groups excluding tert-OH is 1. The summed E-state index contributed by atoms with van der Waals surface area (Å²) in [7, 11) is 0. The zero-order chi connectivity index (χ0) is 10.4. The number of hydrogen-bond acceptors (Lipinski definition) is 3. The predicted octanol–water partition coefficient (Wildman–Crippen LogP) is 2.01. The third-order valence-corrected chi connectivity index (χ3v) is 4.48. The highest BCUT2D eigenvalue weighted by Gasteiger charge is 2.38. The van der Waals surface area contributed by atoms with Crippen LogP contribution >= 0.6 is 11.8 Å². The van der Waals surface area contributed by atoms with E-state index >= 15 is 0 Å². The van der Waals surface area contributed by atoms with Crippen LogP contribution in [-0.4, -0.2) is 28.8 Å². The first-order valence-corrected chi connectivity index (χ1v) is 6.86. The number of thioether (sulfide) groups is 1. The summed E-state index contributed by atoms with van der Waals surface area (Å²) in [5.41, 5.74) is 5.90. The molecule has 0 amide bonds. The van der Waals surface area contributed by atoms with Gasteiger partial charge in [-0.1, -0.05) is 13.3 Å². The minimum absolute atomic E-state index is 0.163. The first-order valence-electron chi connectivity index (χ1n) is 5.70. The van der Waals surface area contributed by atoms with Crippen LogP contribution in [-0.2, 0) is 0 Å². The number of rotatable bonds is 6. The molecule has 1 fully saturated rings. The molecule has 0 radical (unpaired) electrons. The Morgan fingerprint density at radius 3 is 2.93 bits per heavy atom. The van der Waals surface area contributed by atoms with Crippen LogP contribution in [0.2, 0.25) is 0 Å². The Morgan fingerprint density at radius 2 is 2.29 bits per heavy atom. The highest BCUT2D eigenvalue weighted by Crippen LogP contribution is 2.36. The largest absolute Gasteiger partial charge is 0.394 e. The van der Waals surface area contributed by atoms with Crippen molar-refractivity contribution in [3.05, 3.63) is 0 Å². The van der Waals surface area contributed by atoms with Gasteiger partial charge in [0, 0.05) is 5.54 Å². The summed E-state index contributed by atoms with van der Waals surface area (Å²) in [5, 5.41) is 9.27. The van der Waals surface area contributed by atoms with E-state index in [9.17, 15) is 5.11 Å². The van der Waals surface area contributed by atoms with Gasteiger partial charge in [0.1, 0.15) is 0 Å². The second kappa shape index (κ2) is 5.99. The number of hydrogen-bond donors (Lipinski definition) is 2. The van der Waals surface area contributed by atoms with Gasteiger partial charge >= 0.3 is 0 Å². The molecule has 14 heavy (non-hydrogen) atoms. The molecule has 0 spiro atoms. The van der Waals surface area contributed by atoms with E-state index in [4.69, 9.17) is 5.73 Å². The molecule has 0 heterocycles. The molecular formula is C11H23NOS. The molecule has 1 saturated carbocycles. The molecule has 0 aromatic heterocycles. The van der Waals surface area contributed by atoms with Gasteiger partial charge in [-0.25, -0.2) is 0 Å². The van der Waals surface area contributed by atoms with E-state index in [1.54, 1.807) is 0 Å². The molecule has 1 rings (SSSR count). The average molecular weight is 217 g/mol. The van der Waals surface area contributed by atoms with Crippen molar-refractivity contribution in [2.45, 2.75) is 44.6 Å². The van der Waals surface area contributed by atoms with E-state index in [1.807, 2.05) is 11.8 Å². The lowest BCUT2D eigenvalue weighted by molar-refractivity contribution is 0.158. The highest BCUT2D eigenvalue weighted by molar-refractivity contribution is 7.99. The van der Waals surface area contributed by atoms with Crippen molar-refractivity contribution in [2.75, 3.05) is 18.1 Å². The maximum absolute atomic E-state index is 9.27. The van der Waals surface area contributed by atoms with E-state index in [1.165, 1.54) is 37.2 Å². The molecule has 84 valence electrons. The molecule has 0 saturated heterocycles. The maximum Gasteiger partial charge on any atom is 0.0613 e. The first-order chi connectivity index (χ1) is 6.73. The molecule has 1 aliphatic rings. The van der Waals surface area contributed by atoms with Gasteiger partial charge in [-0.2, -0.15) is 11.8 Å². The Labute approximate surface area is 91.6 Å². The summed E-state index contributed by atoms with van der Waals surface area (Å²) in [6, 6.07) is 0. The van der Waals surface area contributed by atoms with Gasteiger partial charge in [-0.3, -0.25) is 0 Å². The Morgan fingerprint density at radius 1 is 1.50 bits per heavy atom. The summed E-state index contributed by atoms with van der Waals surface area (Å²) >= 11 is 2.01. The van der Waals surface area contributed by atoms with Crippen molar-refractivity contribution in [1.82, 2.24) is 0 Å². The monoisotopic (exact) mass is 217 g/mol. The Kier molecular flexibility index (Phi) is 5.28. The molecule has 0 aromatic carbocycles. The van der Waals surface area contributed by atoms with Gasteiger partial charge in [-0.15, -0.1) is 0 Å². The molecule has 2 unspecified atom stereocenters. The number of aliphatic hydroxyl groups is 1. The average Bonchev–Trinajstić information content (AvgIpc) is 2.56. The second-order valence-corrected chi connectivity index (χ2v) is 5.61. The smallest absolute Gasteiger partial charge is 0.0613 e. The molecule has 1 aliphatic carbocycles. The minimum Gasteiger partial charge on any atom is -0.394 e. The van der Waals surface area contributed by atoms with Crippen molar-refractivity contribution in [1.29, 1.82) is 0 Å². The van der Waals surface area contributed by atoms with E-state index in [2.05, 4.69) is 6.92 Å². The van der Waals surface area contributed by atoms with Gasteiger partial charge in [0.15, 0.2) is 0 Å². The van der Waals surface area contributed by atoms with Crippen LogP contribution in [0.4, 0.5) is 0 Å². The maximum atomic E-state index is 9.27. The summed E-state index contributed by atoms with van der Waals surface area (Å²) < 4.78 is 0. The summed E-state index contributed by atoms with van der Waals surface area (Å²) in [6.07, 6.45) is 5.85. The van der Waals surface area contributed by atoms with Crippen LogP contribution in [0.5, 0.6) is 0 Å². The fourth-order valence-corrected chi connectivity index (χ4v) is 3.23. The van der Waals surface area contributed by atoms with Crippen molar-refractivity contribution in [3.63, 3.8) is 0 Å². The fourth-order valence-electron chi connectivity index (χ4n) is 2.28. The van der Waals surface area contributed by atoms with Crippen molar-refractivity contribution in [2.24, 2.45) is 11.7 Å². The molecule has 2 atom stereocenters. The molecular weight excluding hydrogens is 194 g/mol. The molecule has 0 aromatic rings. The van der Waals surface area contributed by atoms with E-state index < -0.39 is 0 Å². The van der Waals surface area contributed by atoms with Gasteiger partial charge in [0.25, 0.3) is 0 Å². The highest BCUT2D eigenvalue weighted by atomic mass is 32.2. The predicted molar refractivity (Wildman–Crippen MR) is 63.6 cm³/mol. The van der Waals surface area contributed by atoms with Crippen LogP contribution in [0.15, 0.2) is 0 Å². The Balaban J connectivity index is 2.22. The third kappa shape index (κ3) is 3.14. The van der Waals surface area contributed by atoms with Crippen LogP contribution < -0.4 is 5.73 Å². The zero-order valence-corrected chi connectivity index (χ0v) is 9.98. The SMILES string of the molecule is CCCSCCC1CCCC1(N)CO. The van der Waals surface area contributed by atoms with Gasteiger partial charge < -0.3 is 10.8 Å². The molecule has 3 N–H and O–H groups in total. The lowest BCUT2D eigenvalue weighted by Crippen LogP contribution is -2.47. The molecule has 0 aliphatic heterocycles. The standard InChI is InChI=1S/C11H23NOS/c1-2-7-14-8-5-10-4-3-6-11(10,12)9-13/h10,13H,2-9,12H2,1H3. The van der Waals surface area contributed by atoms with Crippen LogP contribution in [0, 0.1) is 5.92 Å². The molecule has 3 heteroatoms. The summed E-state index contributed by atoms with van der Waals surface area (Å²) in [6.45, 7) is 2.37. The van der Waals surface area contributed by atoms with Gasteiger partial charge in [0.2, 0.25) is 0 Å². The number of nitrogens with two attached hydrogens (primary N) is 1. The van der Waals surface area contributed by atoms with E-state index in [0.717, 1.165) is 6.42 Å². The minimum atomic E-state index is -0.257. The lowest BCUT2D eigenvalue weighted by Gasteiger charge is -2.29. The quantitative estimate of drug-likeness (QED) is 0.669. The van der Waals surface area contributed by atoms with E-state index in [0.29, 0.717) is 5.92 Å². The topological polar surface area (TPSA) is 46.2 Å². The Hall–Kier alpha value is 0.270. The van der Waals surface area contributed by atoms with Crippen LogP contribution in [0.1, 0.15) is 39.0 Å². The fraction of sp³-hybridized carbons (Fsp3) is 1.00. The Bertz CT molecular complexity index is 165. The normalized spacial score (nSPS) is 32.4. The lowest BCUT2D eigenvalue weighted by atomic mass is 9.87. The first kappa shape index (κ1) is 12.3. The summed E-state index contributed by atoms with van der Waals surface area (Å²) in [4.78, 5) is 0. The third-order valence-electron chi connectivity index (χ3n) is 3.26. The van der Waals surface area contributed by atoms with E-state index in [-0.39, 0.29) is 12.1 Å². The second-order valence-electron chi connectivity index (χ2n) is 4.38. The van der Waals surface area contributed by atoms with Crippen molar-refractivity contribution < 1.29 is 5.11 Å². The molecule has 2 nitrogen and oxygen atoms in total. The summed E-state index contributed by atoms with van der Waals surface area (Å²) in [5.74, 6) is 3.01. The van der Waals surface area contributed by atoms with Crippen molar-refractivity contribution >= 4 is 11.8 Å². The van der Waals surface area contributed by atoms with Gasteiger partial charge in [-0.05, 0) is 43.1 Å². The molecule has 0 bridgehead atoms. The van der Waals surface area contributed by atoms with Crippen molar-refractivity contribution in [3.8, 4) is 0 Å². The van der Waals surface area contributed by atoms with Crippen LogP contribution in [0.3, 0.4) is 0 Å². The van der Waals surface area contributed by atoms with Crippen LogP contribution in [0.25, 0.3) is 0 Å². The van der Waals surface area contributed by atoms with Gasteiger partial charge in [0.05, 0.1) is 6.61 Å².